The predicted molar refractivity (Wildman–Crippen MR) is 109 cm³/mol. The van der Waals surface area contributed by atoms with Gasteiger partial charge in [0.15, 0.2) is 11.5 Å². The van der Waals surface area contributed by atoms with E-state index in [-0.39, 0.29) is 11.9 Å². The Labute approximate surface area is 166 Å². The third-order valence-electron chi connectivity index (χ3n) is 5.75. The summed E-state index contributed by atoms with van der Waals surface area (Å²) >= 11 is 0. The molecule has 0 radical (unpaired) electrons. The first kappa shape index (κ1) is 18.8. The Balaban J connectivity index is 1.42. The smallest absolute Gasteiger partial charge is 0.236 e. The number of ether oxygens (including phenoxy) is 2. The minimum atomic E-state index is 0.160. The van der Waals surface area contributed by atoms with Gasteiger partial charge in [-0.25, -0.2) is 0 Å². The standard InChI is InChI=1S/C23H28N2O3/c1-17-6-3-4-7-19(17)15-24(2)23(26)16-25-11-5-8-20(25)18-9-10-21-22(14-18)28-13-12-27-21/h3-4,6-7,9-10,14,20H,5,8,11-13,15-16H2,1-2H3/t20-/m0/s1. The van der Waals surface area contributed by atoms with Crippen molar-refractivity contribution in [2.75, 3.05) is 33.4 Å². The number of benzene rings is 2. The van der Waals surface area contributed by atoms with Gasteiger partial charge in [-0.05, 0) is 55.1 Å². The Morgan fingerprint density at radius 1 is 1.14 bits per heavy atom. The van der Waals surface area contributed by atoms with Gasteiger partial charge in [0.1, 0.15) is 13.2 Å². The second kappa shape index (κ2) is 8.23. The SMILES string of the molecule is Cc1ccccc1CN(C)C(=O)CN1CCC[C@H]1c1ccc2c(c1)OCCO2. The second-order valence-corrected chi connectivity index (χ2v) is 7.71. The third-order valence-corrected chi connectivity index (χ3v) is 5.75. The quantitative estimate of drug-likeness (QED) is 0.795. The number of likely N-dealkylation sites (tertiary alicyclic amines) is 1. The van der Waals surface area contributed by atoms with Gasteiger partial charge in [0.2, 0.25) is 5.91 Å². The van der Waals surface area contributed by atoms with E-state index in [0.29, 0.717) is 26.3 Å². The zero-order chi connectivity index (χ0) is 19.5. The molecule has 1 atom stereocenters. The van der Waals surface area contributed by atoms with Crippen molar-refractivity contribution >= 4 is 5.91 Å². The van der Waals surface area contributed by atoms with Gasteiger partial charge in [0.25, 0.3) is 0 Å². The molecule has 0 aromatic heterocycles. The van der Waals surface area contributed by atoms with Gasteiger partial charge in [-0.15, -0.1) is 0 Å². The van der Waals surface area contributed by atoms with Crippen LogP contribution in [0.25, 0.3) is 0 Å². The third kappa shape index (κ3) is 3.99. The van der Waals surface area contributed by atoms with Crippen LogP contribution in [0.2, 0.25) is 0 Å². The molecule has 28 heavy (non-hydrogen) atoms. The summed E-state index contributed by atoms with van der Waals surface area (Å²) in [6.45, 7) is 5.32. The number of rotatable bonds is 5. The number of hydrogen-bond acceptors (Lipinski definition) is 4. The van der Waals surface area contributed by atoms with Crippen LogP contribution >= 0.6 is 0 Å². The summed E-state index contributed by atoms with van der Waals surface area (Å²) in [6.07, 6.45) is 2.17. The summed E-state index contributed by atoms with van der Waals surface area (Å²) in [5, 5.41) is 0. The number of nitrogens with zero attached hydrogens (tertiary/aromatic N) is 2. The van der Waals surface area contributed by atoms with Crippen molar-refractivity contribution in [2.24, 2.45) is 0 Å². The fourth-order valence-electron chi connectivity index (χ4n) is 4.09. The topological polar surface area (TPSA) is 42.0 Å². The Morgan fingerprint density at radius 2 is 1.93 bits per heavy atom. The maximum Gasteiger partial charge on any atom is 0.236 e. The molecule has 1 saturated heterocycles. The molecule has 0 N–H and O–H groups in total. The lowest BCUT2D eigenvalue weighted by atomic mass is 10.0. The molecule has 5 nitrogen and oxygen atoms in total. The summed E-state index contributed by atoms with van der Waals surface area (Å²) in [5.74, 6) is 1.79. The van der Waals surface area contributed by atoms with E-state index in [4.69, 9.17) is 9.47 Å². The van der Waals surface area contributed by atoms with Gasteiger partial charge in [-0.1, -0.05) is 30.3 Å². The normalized spacial score (nSPS) is 18.9. The van der Waals surface area contributed by atoms with E-state index in [1.165, 1.54) is 16.7 Å². The summed E-state index contributed by atoms with van der Waals surface area (Å²) in [7, 11) is 1.89. The lowest BCUT2D eigenvalue weighted by Crippen LogP contribution is -2.38. The van der Waals surface area contributed by atoms with Gasteiger partial charge in [-0.2, -0.15) is 0 Å². The molecule has 2 aromatic rings. The molecule has 2 heterocycles. The minimum absolute atomic E-state index is 0.160. The molecule has 148 valence electrons. The van der Waals surface area contributed by atoms with E-state index in [1.807, 2.05) is 30.1 Å². The summed E-state index contributed by atoms with van der Waals surface area (Å²) in [5.41, 5.74) is 3.62. The van der Waals surface area contributed by atoms with Crippen molar-refractivity contribution in [2.45, 2.75) is 32.4 Å². The molecule has 0 unspecified atom stereocenters. The van der Waals surface area contributed by atoms with Crippen molar-refractivity contribution in [1.82, 2.24) is 9.80 Å². The fraction of sp³-hybridized carbons (Fsp3) is 0.435. The van der Waals surface area contributed by atoms with E-state index in [0.717, 1.165) is 30.9 Å². The van der Waals surface area contributed by atoms with Crippen molar-refractivity contribution in [1.29, 1.82) is 0 Å². The van der Waals surface area contributed by atoms with E-state index in [1.54, 1.807) is 0 Å². The summed E-state index contributed by atoms with van der Waals surface area (Å²) in [4.78, 5) is 17.0. The van der Waals surface area contributed by atoms with Crippen LogP contribution in [0.5, 0.6) is 11.5 Å². The highest BCUT2D eigenvalue weighted by Crippen LogP contribution is 2.37. The number of carbonyl (C=O) groups excluding carboxylic acids is 1. The second-order valence-electron chi connectivity index (χ2n) is 7.71. The molecular weight excluding hydrogens is 352 g/mol. The monoisotopic (exact) mass is 380 g/mol. The van der Waals surface area contributed by atoms with Gasteiger partial charge < -0.3 is 14.4 Å². The molecule has 0 aliphatic carbocycles. The first-order valence-electron chi connectivity index (χ1n) is 10.0. The summed E-state index contributed by atoms with van der Waals surface area (Å²) in [6, 6.07) is 14.7. The highest BCUT2D eigenvalue weighted by atomic mass is 16.6. The van der Waals surface area contributed by atoms with Crippen LogP contribution in [0.15, 0.2) is 42.5 Å². The Morgan fingerprint density at radius 3 is 2.75 bits per heavy atom. The molecular formula is C23H28N2O3. The lowest BCUT2D eigenvalue weighted by Gasteiger charge is -2.28. The number of carbonyl (C=O) groups is 1. The zero-order valence-corrected chi connectivity index (χ0v) is 16.7. The van der Waals surface area contributed by atoms with Gasteiger partial charge in [0.05, 0.1) is 6.54 Å². The van der Waals surface area contributed by atoms with Crippen LogP contribution in [0, 0.1) is 6.92 Å². The van der Waals surface area contributed by atoms with Gasteiger partial charge in [-0.3, -0.25) is 9.69 Å². The largest absolute Gasteiger partial charge is 0.486 e. The Hall–Kier alpha value is -2.53. The maximum absolute atomic E-state index is 12.9. The molecule has 2 aromatic carbocycles. The summed E-state index contributed by atoms with van der Waals surface area (Å²) < 4.78 is 11.4. The fourth-order valence-corrected chi connectivity index (χ4v) is 4.09. The van der Waals surface area contributed by atoms with Gasteiger partial charge in [0, 0.05) is 19.6 Å². The first-order chi connectivity index (χ1) is 13.6. The highest BCUT2D eigenvalue weighted by Gasteiger charge is 2.29. The number of hydrogen-bond donors (Lipinski definition) is 0. The molecule has 2 aliphatic rings. The van der Waals surface area contributed by atoms with Gasteiger partial charge >= 0.3 is 0 Å². The first-order valence-corrected chi connectivity index (χ1v) is 10.0. The molecule has 0 saturated carbocycles. The zero-order valence-electron chi connectivity index (χ0n) is 16.7. The van der Waals surface area contributed by atoms with E-state index < -0.39 is 0 Å². The van der Waals surface area contributed by atoms with Crippen molar-refractivity contribution in [3.05, 3.63) is 59.2 Å². The molecule has 0 spiro atoms. The maximum atomic E-state index is 12.9. The molecule has 5 heteroatoms. The number of fused-ring (bicyclic) bond motifs is 1. The van der Waals surface area contributed by atoms with E-state index in [2.05, 4.69) is 36.1 Å². The van der Waals surface area contributed by atoms with Crippen LogP contribution in [0.3, 0.4) is 0 Å². The van der Waals surface area contributed by atoms with E-state index in [9.17, 15) is 4.79 Å². The average Bonchev–Trinajstić information content (AvgIpc) is 3.17. The predicted octanol–water partition coefficient (Wildman–Crippen LogP) is 3.56. The van der Waals surface area contributed by atoms with E-state index >= 15 is 0 Å². The Bertz CT molecular complexity index is 851. The average molecular weight is 380 g/mol. The van der Waals surface area contributed by atoms with Crippen LogP contribution in [0.4, 0.5) is 0 Å². The van der Waals surface area contributed by atoms with Crippen LogP contribution in [0.1, 0.15) is 35.6 Å². The highest BCUT2D eigenvalue weighted by molar-refractivity contribution is 5.78. The van der Waals surface area contributed by atoms with Crippen molar-refractivity contribution < 1.29 is 14.3 Å². The molecule has 4 rings (SSSR count). The number of likely N-dealkylation sites (N-methyl/N-ethyl adjacent to an activating group) is 1. The number of aryl methyl sites for hydroxylation is 1. The lowest BCUT2D eigenvalue weighted by molar-refractivity contribution is -0.131. The Kier molecular flexibility index (Phi) is 5.53. The molecule has 0 bridgehead atoms. The molecule has 1 fully saturated rings. The minimum Gasteiger partial charge on any atom is -0.486 e. The van der Waals surface area contributed by atoms with Crippen LogP contribution in [-0.2, 0) is 11.3 Å². The van der Waals surface area contributed by atoms with Crippen molar-refractivity contribution in [3.8, 4) is 11.5 Å². The van der Waals surface area contributed by atoms with Crippen LogP contribution < -0.4 is 9.47 Å². The number of amides is 1. The molecule has 1 amide bonds. The van der Waals surface area contributed by atoms with Crippen LogP contribution in [-0.4, -0.2) is 49.1 Å². The van der Waals surface area contributed by atoms with Crippen molar-refractivity contribution in [3.63, 3.8) is 0 Å². The molecule has 2 aliphatic heterocycles.